The van der Waals surface area contributed by atoms with Crippen LogP contribution in [0.3, 0.4) is 0 Å². The van der Waals surface area contributed by atoms with Gasteiger partial charge in [-0.25, -0.2) is 9.78 Å². The summed E-state index contributed by atoms with van der Waals surface area (Å²) >= 11 is 1.12. The van der Waals surface area contributed by atoms with Crippen molar-refractivity contribution in [3.63, 3.8) is 0 Å². The second kappa shape index (κ2) is 38.4. The molecule has 1 aromatic heterocycles. The van der Waals surface area contributed by atoms with E-state index in [0.29, 0.717) is 30.0 Å². The number of nitrogens with one attached hydrogen (secondary N) is 2. The van der Waals surface area contributed by atoms with Gasteiger partial charge in [0.15, 0.2) is 24.4 Å². The van der Waals surface area contributed by atoms with Crippen molar-refractivity contribution in [3.05, 3.63) is 45.9 Å². The lowest BCUT2D eigenvalue weighted by Crippen LogP contribution is -2.50. The Morgan fingerprint density at radius 1 is 0.897 bits per heavy atom. The van der Waals surface area contributed by atoms with Gasteiger partial charge in [-0.05, 0) is 94.6 Å². The van der Waals surface area contributed by atoms with Crippen LogP contribution in [0.25, 0.3) is 0 Å². The van der Waals surface area contributed by atoms with E-state index >= 15 is 0 Å². The topological polar surface area (TPSA) is 237 Å². The Labute approximate surface area is 477 Å². The van der Waals surface area contributed by atoms with Crippen molar-refractivity contribution in [3.8, 4) is 5.75 Å². The van der Waals surface area contributed by atoms with Crippen molar-refractivity contribution >= 4 is 74.3 Å². The van der Waals surface area contributed by atoms with Gasteiger partial charge in [0.25, 0.3) is 5.91 Å². The van der Waals surface area contributed by atoms with Crippen molar-refractivity contribution in [1.29, 1.82) is 0 Å². The Bertz CT molecular complexity index is 2110. The predicted molar refractivity (Wildman–Crippen MR) is 312 cm³/mol. The zero-order chi connectivity index (χ0) is 57.4. The Morgan fingerprint density at radius 3 is 2.19 bits per heavy atom. The third-order valence-corrected chi connectivity index (χ3v) is 17.9. The van der Waals surface area contributed by atoms with E-state index in [-0.39, 0.29) is 92.4 Å². The summed E-state index contributed by atoms with van der Waals surface area (Å²) in [5, 5.41) is 17.4. The molecule has 2 heterocycles. The van der Waals surface area contributed by atoms with Crippen molar-refractivity contribution in [2.75, 3.05) is 51.5 Å². The molecule has 440 valence electrons. The second-order valence-electron chi connectivity index (χ2n) is 21.3. The molecule has 20 heteroatoms. The smallest absolute Gasteiger partial charge is 0.407 e. The van der Waals surface area contributed by atoms with Gasteiger partial charge in [-0.2, -0.15) is 0 Å². The van der Waals surface area contributed by atoms with Gasteiger partial charge in [0.2, 0.25) is 5.91 Å². The number of unbranched alkanes of at least 4 members (excludes halogenated alkanes) is 8. The van der Waals surface area contributed by atoms with E-state index in [2.05, 4.69) is 20.5 Å². The quantitative estimate of drug-likeness (QED) is 0.0160. The van der Waals surface area contributed by atoms with Gasteiger partial charge in [-0.15, -0.1) is 11.3 Å². The number of likely N-dealkylation sites (N-methyl/N-ethyl adjacent to an activating group) is 1. The minimum absolute atomic E-state index is 0.00864. The standard InChI is InChI=1S/C58H94N6O11S3/c1-9-22-54(69)74-39-64(57(71)47(41(5)10-2)35-51(67)49-23-18-20-29-63(49)8)50(40(3)4)36-53(75-43(7)65)56-62-48(38-76-56)55(70)61-45(34-44-24-26-46(66)27-25-44)33-42(6)52(68)37-60-58(72)73-30-32-78-77-31-21-17-15-13-11-12-14-16-19-28-59/h24-27,38,40-42,45,47,49-50,53,66H,9-23,28-37,39,59H2,1-8H3,(H,60,72)(H,61,70)/t41-,42+,45-,47+,49?,50-,53-/m1/s1. The van der Waals surface area contributed by atoms with Gasteiger partial charge in [-0.1, -0.05) is 133 Å². The Balaban J connectivity index is 1.70. The van der Waals surface area contributed by atoms with Crippen LogP contribution in [0.1, 0.15) is 191 Å². The fraction of sp³-hybridized carbons (Fsp3) is 0.724. The first-order chi connectivity index (χ1) is 37.4. The van der Waals surface area contributed by atoms with Crippen LogP contribution in [0.5, 0.6) is 5.75 Å². The van der Waals surface area contributed by atoms with E-state index in [1.807, 2.05) is 41.7 Å². The van der Waals surface area contributed by atoms with Crippen molar-refractivity contribution in [2.45, 2.75) is 195 Å². The highest BCUT2D eigenvalue weighted by Gasteiger charge is 2.40. The lowest BCUT2D eigenvalue weighted by Gasteiger charge is -2.39. The molecule has 1 saturated heterocycles. The van der Waals surface area contributed by atoms with Crippen LogP contribution in [0.4, 0.5) is 4.79 Å². The van der Waals surface area contributed by atoms with Crippen LogP contribution < -0.4 is 16.4 Å². The van der Waals surface area contributed by atoms with E-state index in [0.717, 1.165) is 67.8 Å². The van der Waals surface area contributed by atoms with E-state index in [9.17, 15) is 38.7 Å². The lowest BCUT2D eigenvalue weighted by molar-refractivity contribution is -0.161. The molecule has 3 rings (SSSR count). The number of Topliss-reactive ketones (excluding diaryl/α,β-unsaturated/α-hetero) is 2. The van der Waals surface area contributed by atoms with Gasteiger partial charge < -0.3 is 40.6 Å². The summed E-state index contributed by atoms with van der Waals surface area (Å²) in [6.45, 7) is 13.8. The molecule has 0 bridgehead atoms. The van der Waals surface area contributed by atoms with Gasteiger partial charge in [-0.3, -0.25) is 33.7 Å². The third kappa shape index (κ3) is 25.9. The van der Waals surface area contributed by atoms with Gasteiger partial charge in [0.1, 0.15) is 23.1 Å². The SMILES string of the molecule is CCCC(=O)OCN(C(=O)[C@@H](CC(=O)C1CCCCN1C)[C@H](C)CC)[C@H](C[C@@H](OC(C)=O)c1nc(C(=O)N[C@@H](Cc2ccc(O)cc2)C[C@H](C)C(=O)CNC(=O)OCCSSCCCCCCCCCCCN)cs1)C(C)C. The molecular weight excluding hydrogens is 1050 g/mol. The molecule has 1 aliphatic rings. The first-order valence-electron chi connectivity index (χ1n) is 28.7. The average molecular weight is 1150 g/mol. The molecule has 7 atom stereocenters. The number of nitrogens with zero attached hydrogens (tertiary/aromatic N) is 3. The first kappa shape index (κ1) is 68.0. The lowest BCUT2D eigenvalue weighted by atomic mass is 9.82. The van der Waals surface area contributed by atoms with Crippen LogP contribution in [0.15, 0.2) is 29.6 Å². The van der Waals surface area contributed by atoms with E-state index in [1.165, 1.54) is 56.8 Å². The fourth-order valence-electron chi connectivity index (χ4n) is 9.66. The fourth-order valence-corrected chi connectivity index (χ4v) is 12.5. The number of aromatic hydroxyl groups is 1. The van der Waals surface area contributed by atoms with E-state index in [4.69, 9.17) is 19.9 Å². The number of alkyl carbamates (subject to hydrolysis) is 1. The molecule has 17 nitrogen and oxygen atoms in total. The Kier molecular flexibility index (Phi) is 33.5. The molecule has 1 aliphatic heterocycles. The number of benzene rings is 1. The number of hydrogen-bond acceptors (Lipinski definition) is 17. The summed E-state index contributed by atoms with van der Waals surface area (Å²) in [7, 11) is 5.38. The van der Waals surface area contributed by atoms with Crippen LogP contribution in [-0.4, -0.2) is 131 Å². The molecule has 1 aromatic carbocycles. The molecular formula is C58H94N6O11S3. The number of ether oxygens (including phenoxy) is 3. The van der Waals surface area contributed by atoms with E-state index < -0.39 is 54.0 Å². The van der Waals surface area contributed by atoms with Gasteiger partial charge in [0, 0.05) is 67.0 Å². The van der Waals surface area contributed by atoms with Crippen LogP contribution >= 0.6 is 32.9 Å². The van der Waals surface area contributed by atoms with Gasteiger partial charge >= 0.3 is 18.0 Å². The molecule has 78 heavy (non-hydrogen) atoms. The number of ketones is 2. The average Bonchev–Trinajstić information content (AvgIpc) is 3.92. The van der Waals surface area contributed by atoms with Gasteiger partial charge in [0.05, 0.1) is 12.6 Å². The number of phenols is 1. The minimum atomic E-state index is -1.01. The van der Waals surface area contributed by atoms with Crippen LogP contribution in [0, 0.1) is 23.7 Å². The van der Waals surface area contributed by atoms with Crippen molar-refractivity contribution in [1.82, 2.24) is 25.4 Å². The number of piperidine rings is 1. The highest BCUT2D eigenvalue weighted by molar-refractivity contribution is 8.76. The Hall–Kier alpha value is -4.24. The predicted octanol–water partition coefficient (Wildman–Crippen LogP) is 10.6. The summed E-state index contributed by atoms with van der Waals surface area (Å²) in [4.78, 5) is 103. The maximum atomic E-state index is 15.0. The molecule has 5 N–H and O–H groups in total. The number of carbonyl (C=O) groups excluding carboxylic acids is 7. The number of phenolic OH excluding ortho intramolecular Hbond substituents is 1. The molecule has 3 amide bonds. The molecule has 0 aliphatic carbocycles. The molecule has 0 spiro atoms. The van der Waals surface area contributed by atoms with Crippen LogP contribution in [-0.2, 0) is 44.6 Å². The summed E-state index contributed by atoms with van der Waals surface area (Å²) < 4.78 is 17.0. The maximum absolute atomic E-state index is 15.0. The van der Waals surface area contributed by atoms with Crippen molar-refractivity contribution in [2.24, 2.45) is 29.4 Å². The highest BCUT2D eigenvalue weighted by atomic mass is 33.1. The Morgan fingerprint density at radius 2 is 1.56 bits per heavy atom. The number of thiazole rings is 1. The first-order valence-corrected chi connectivity index (χ1v) is 32.0. The largest absolute Gasteiger partial charge is 0.508 e. The molecule has 1 unspecified atom stereocenters. The normalized spacial score (nSPS) is 16.1. The number of carbonyl (C=O) groups is 7. The van der Waals surface area contributed by atoms with Crippen molar-refractivity contribution < 1.29 is 52.9 Å². The molecule has 1 fully saturated rings. The minimum Gasteiger partial charge on any atom is -0.508 e. The summed E-state index contributed by atoms with van der Waals surface area (Å²) in [6, 6.07) is 5.03. The van der Waals surface area contributed by atoms with Crippen LogP contribution in [0.2, 0.25) is 0 Å². The maximum Gasteiger partial charge on any atom is 0.407 e. The molecule has 0 saturated carbocycles. The molecule has 0 radical (unpaired) electrons. The number of rotatable bonds is 40. The third-order valence-electron chi connectivity index (χ3n) is 14.5. The second-order valence-corrected chi connectivity index (χ2v) is 24.9. The number of esters is 2. The number of likely N-dealkylation sites (tertiary alicyclic amines) is 1. The monoisotopic (exact) mass is 1150 g/mol. The number of aromatic nitrogens is 1. The molecule has 2 aromatic rings. The zero-order valence-corrected chi connectivity index (χ0v) is 50.5. The number of amides is 3. The summed E-state index contributed by atoms with van der Waals surface area (Å²) in [5.41, 5.74) is 6.41. The van der Waals surface area contributed by atoms with E-state index in [1.54, 1.807) is 58.2 Å². The number of hydrogen-bond donors (Lipinski definition) is 4. The summed E-state index contributed by atoms with van der Waals surface area (Å²) in [6.07, 6.45) is 14.0. The number of nitrogens with two attached hydrogens (primary N) is 1. The zero-order valence-electron chi connectivity index (χ0n) is 48.1. The summed E-state index contributed by atoms with van der Waals surface area (Å²) in [5.74, 6) is -2.13. The highest BCUT2D eigenvalue weighted by Crippen LogP contribution is 2.34.